The third-order valence-electron chi connectivity index (χ3n) is 6.06. The van der Waals surface area contributed by atoms with Crippen LogP contribution >= 0.6 is 15.9 Å². The van der Waals surface area contributed by atoms with Gasteiger partial charge >= 0.3 is 0 Å². The van der Waals surface area contributed by atoms with Crippen molar-refractivity contribution in [3.05, 3.63) is 22.5 Å². The van der Waals surface area contributed by atoms with Gasteiger partial charge in [-0.25, -0.2) is 0 Å². The number of halogens is 1. The highest BCUT2D eigenvalue weighted by atomic mass is 79.9. The fraction of sp³-hybridized carbons (Fsp3) is 0.632. The molecule has 2 aromatic rings. The number of nitrogens with zero attached hydrogens (tertiary/aromatic N) is 2. The normalized spacial score (nSPS) is 21.9. The lowest BCUT2D eigenvalue weighted by Gasteiger charge is -2.49. The number of hydrogen-bond acceptors (Lipinski definition) is 4. The van der Waals surface area contributed by atoms with Crippen LogP contribution in [-0.4, -0.2) is 66.0 Å². The predicted octanol–water partition coefficient (Wildman–Crippen LogP) is 3.20. The summed E-state index contributed by atoms with van der Waals surface area (Å²) in [5.41, 5.74) is 2.22. The molecule has 2 fully saturated rings. The first kappa shape index (κ1) is 18.1. The summed E-state index contributed by atoms with van der Waals surface area (Å²) >= 11 is 3.31. The highest BCUT2D eigenvalue weighted by Crippen LogP contribution is 2.34. The van der Waals surface area contributed by atoms with Gasteiger partial charge in [0.05, 0.1) is 5.52 Å². The zero-order valence-electron chi connectivity index (χ0n) is 15.3. The number of aromatic nitrogens is 1. The number of carbonyl (C=O) groups excluding carboxylic acids is 1. The van der Waals surface area contributed by atoms with Crippen molar-refractivity contribution in [2.45, 2.75) is 37.6 Å². The van der Waals surface area contributed by atoms with Crippen LogP contribution in [0.5, 0.6) is 0 Å². The molecule has 1 saturated heterocycles. The lowest BCUT2D eigenvalue weighted by molar-refractivity contribution is 0.0138. The van der Waals surface area contributed by atoms with Crippen molar-refractivity contribution in [1.82, 2.24) is 20.1 Å². The number of hydrogen-bond donors (Lipinski definition) is 2. The van der Waals surface area contributed by atoms with Gasteiger partial charge < -0.3 is 19.6 Å². The van der Waals surface area contributed by atoms with E-state index in [0.717, 1.165) is 38.2 Å². The maximum Gasteiger partial charge on any atom is 0.267 e. The molecular weight excluding hydrogens is 396 g/mol. The van der Waals surface area contributed by atoms with Gasteiger partial charge in [-0.1, -0.05) is 19.3 Å². The Balaban J connectivity index is 1.45. The number of aromatic amines is 1. The van der Waals surface area contributed by atoms with E-state index >= 15 is 0 Å². The molecule has 0 aromatic carbocycles. The lowest BCUT2D eigenvalue weighted by atomic mass is 9.79. The van der Waals surface area contributed by atoms with Crippen LogP contribution in [0.25, 0.3) is 11.1 Å². The topological polar surface area (TPSA) is 64.5 Å². The summed E-state index contributed by atoms with van der Waals surface area (Å²) in [5, 5.41) is 3.20. The second-order valence-electron chi connectivity index (χ2n) is 7.77. The third kappa shape index (κ3) is 3.57. The molecule has 1 amide bonds. The second kappa shape index (κ2) is 7.37. The molecule has 2 N–H and O–H groups in total. The molecule has 0 bridgehead atoms. The molecule has 6 nitrogen and oxygen atoms in total. The van der Waals surface area contributed by atoms with Crippen molar-refractivity contribution < 1.29 is 9.21 Å². The lowest BCUT2D eigenvalue weighted by Crippen LogP contribution is -2.61. The Bertz CT molecular complexity index is 738. The van der Waals surface area contributed by atoms with Crippen LogP contribution in [-0.2, 0) is 0 Å². The number of fused-ring (bicyclic) bond motifs is 1. The Hall–Kier alpha value is -1.31. The van der Waals surface area contributed by atoms with Crippen LogP contribution < -0.4 is 5.32 Å². The van der Waals surface area contributed by atoms with Crippen LogP contribution in [0.15, 0.2) is 21.2 Å². The van der Waals surface area contributed by atoms with Crippen molar-refractivity contribution in [1.29, 1.82) is 0 Å². The van der Waals surface area contributed by atoms with Crippen LogP contribution in [0, 0.1) is 0 Å². The van der Waals surface area contributed by atoms with E-state index < -0.39 is 0 Å². The molecule has 0 unspecified atom stereocenters. The number of nitrogens with one attached hydrogen (secondary N) is 2. The Morgan fingerprint density at radius 1 is 1.23 bits per heavy atom. The quantitative estimate of drug-likeness (QED) is 0.793. The van der Waals surface area contributed by atoms with Gasteiger partial charge in [-0.15, -0.1) is 0 Å². The van der Waals surface area contributed by atoms with Crippen LogP contribution in [0.4, 0.5) is 0 Å². The number of piperazine rings is 1. The summed E-state index contributed by atoms with van der Waals surface area (Å²) in [6.07, 6.45) is 6.18. The number of H-pyrrole nitrogens is 1. The molecule has 1 aliphatic heterocycles. The zero-order valence-corrected chi connectivity index (χ0v) is 16.9. The Morgan fingerprint density at radius 2 is 1.96 bits per heavy atom. The van der Waals surface area contributed by atoms with Gasteiger partial charge in [0.2, 0.25) is 0 Å². The molecule has 0 atom stereocenters. The van der Waals surface area contributed by atoms with Gasteiger partial charge in [-0.05, 0) is 35.8 Å². The Labute approximate surface area is 162 Å². The highest BCUT2D eigenvalue weighted by Gasteiger charge is 2.39. The fourth-order valence-electron chi connectivity index (χ4n) is 4.45. The number of amides is 1. The molecule has 0 radical (unpaired) electrons. The van der Waals surface area contributed by atoms with Crippen molar-refractivity contribution in [2.24, 2.45) is 0 Å². The molecule has 142 valence electrons. The van der Waals surface area contributed by atoms with Gasteiger partial charge in [0.1, 0.15) is 5.69 Å². The predicted molar refractivity (Wildman–Crippen MR) is 105 cm³/mol. The van der Waals surface area contributed by atoms with Crippen molar-refractivity contribution in [2.75, 3.05) is 39.8 Å². The minimum Gasteiger partial charge on any atom is -0.448 e. The summed E-state index contributed by atoms with van der Waals surface area (Å²) in [7, 11) is 2.19. The van der Waals surface area contributed by atoms with Crippen molar-refractivity contribution in [3.63, 3.8) is 0 Å². The standard InChI is InChI=1S/C19H27BrN4O2/c1-23-7-9-24(10-8-23)19(5-3-2-4-6-19)13-21-18(25)15-11-16-14(22-15)12-17(20)26-16/h11-12,22H,2-10,13H2,1H3,(H,21,25). The summed E-state index contributed by atoms with van der Waals surface area (Å²) in [5.74, 6) is -0.0494. The van der Waals surface area contributed by atoms with Crippen molar-refractivity contribution in [3.8, 4) is 0 Å². The monoisotopic (exact) mass is 422 g/mol. The Kier molecular flexibility index (Phi) is 5.12. The van der Waals surface area contributed by atoms with E-state index in [1.807, 2.05) is 6.07 Å². The first-order valence-electron chi connectivity index (χ1n) is 9.56. The summed E-state index contributed by atoms with van der Waals surface area (Å²) in [4.78, 5) is 20.9. The largest absolute Gasteiger partial charge is 0.448 e. The molecule has 1 saturated carbocycles. The fourth-order valence-corrected chi connectivity index (χ4v) is 4.85. The number of likely N-dealkylation sites (N-methyl/N-ethyl adjacent to an activating group) is 1. The van der Waals surface area contributed by atoms with E-state index in [-0.39, 0.29) is 11.4 Å². The first-order valence-corrected chi connectivity index (χ1v) is 10.3. The molecule has 0 spiro atoms. The van der Waals surface area contributed by atoms with Crippen LogP contribution in [0.1, 0.15) is 42.6 Å². The van der Waals surface area contributed by atoms with Crippen LogP contribution in [0.3, 0.4) is 0 Å². The third-order valence-corrected chi connectivity index (χ3v) is 6.45. The molecule has 2 aromatic heterocycles. The highest BCUT2D eigenvalue weighted by molar-refractivity contribution is 9.10. The first-order chi connectivity index (χ1) is 12.6. The number of carbonyl (C=O) groups is 1. The van der Waals surface area contributed by atoms with Crippen molar-refractivity contribution >= 4 is 32.9 Å². The Morgan fingerprint density at radius 3 is 2.65 bits per heavy atom. The molecule has 26 heavy (non-hydrogen) atoms. The zero-order chi connectivity index (χ0) is 18.1. The SMILES string of the molecule is CN1CCN(C2(CNC(=O)c3cc4oc(Br)cc4[nH]3)CCCCC2)CC1. The molecule has 2 aliphatic rings. The van der Waals surface area contributed by atoms with E-state index in [4.69, 9.17) is 4.42 Å². The average molecular weight is 423 g/mol. The van der Waals surface area contributed by atoms with E-state index in [0.29, 0.717) is 15.9 Å². The minimum absolute atomic E-state index is 0.0494. The van der Waals surface area contributed by atoms with Gasteiger partial charge in [0, 0.05) is 50.4 Å². The van der Waals surface area contributed by atoms with Gasteiger partial charge in [0.15, 0.2) is 10.3 Å². The smallest absolute Gasteiger partial charge is 0.267 e. The maximum absolute atomic E-state index is 12.7. The van der Waals surface area contributed by atoms with E-state index in [1.165, 1.54) is 32.1 Å². The summed E-state index contributed by atoms with van der Waals surface area (Å²) < 4.78 is 6.18. The summed E-state index contributed by atoms with van der Waals surface area (Å²) in [6, 6.07) is 3.62. The molecule has 1 aliphatic carbocycles. The minimum atomic E-state index is -0.0494. The molecule has 3 heterocycles. The van der Waals surface area contributed by atoms with Gasteiger partial charge in [0.25, 0.3) is 5.91 Å². The van der Waals surface area contributed by atoms with Gasteiger partial charge in [-0.3, -0.25) is 9.69 Å². The van der Waals surface area contributed by atoms with E-state index in [1.54, 1.807) is 6.07 Å². The molecule has 4 rings (SSSR count). The van der Waals surface area contributed by atoms with E-state index in [2.05, 4.69) is 43.1 Å². The summed E-state index contributed by atoms with van der Waals surface area (Å²) in [6.45, 7) is 5.13. The number of rotatable bonds is 4. The maximum atomic E-state index is 12.7. The second-order valence-corrected chi connectivity index (χ2v) is 8.55. The van der Waals surface area contributed by atoms with Crippen LogP contribution in [0.2, 0.25) is 0 Å². The molecular formula is C19H27BrN4O2. The molecule has 7 heteroatoms. The van der Waals surface area contributed by atoms with E-state index in [9.17, 15) is 4.79 Å². The number of furan rings is 1. The average Bonchev–Trinajstić information content (AvgIpc) is 3.18. The van der Waals surface area contributed by atoms with Gasteiger partial charge in [-0.2, -0.15) is 0 Å².